The minimum Gasteiger partial charge on any atom is -0.394 e. The molecule has 4 saturated carbocycles. The summed E-state index contributed by atoms with van der Waals surface area (Å²) >= 11 is 0. The Morgan fingerprint density at radius 2 is 1.41 bits per heavy atom. The largest absolute Gasteiger partial charge is 0.394 e. The molecule has 22 atom stereocenters. The lowest BCUT2D eigenvalue weighted by Crippen LogP contribution is -2.71. The maximum absolute atomic E-state index is 12.4. The summed E-state index contributed by atoms with van der Waals surface area (Å²) in [6.45, 7) is 17.6. The Morgan fingerprint density at radius 1 is 0.732 bits per heavy atom. The van der Waals surface area contributed by atoms with Gasteiger partial charge in [-0.25, -0.2) is 0 Å². The molecule has 0 aromatic heterocycles. The van der Waals surface area contributed by atoms with Crippen LogP contribution in [-0.2, 0) is 23.7 Å². The fourth-order valence-corrected chi connectivity index (χ4v) is 14.1. The third-order valence-electron chi connectivity index (χ3n) is 17.3. The average molecular weight is 801 g/mol. The molecule has 0 aromatic carbocycles. The van der Waals surface area contributed by atoms with Gasteiger partial charge in [-0.3, -0.25) is 0 Å². The van der Waals surface area contributed by atoms with Crippen molar-refractivity contribution in [1.82, 2.24) is 0 Å². The molecule has 3 aliphatic heterocycles. The van der Waals surface area contributed by atoms with Crippen molar-refractivity contribution >= 4 is 0 Å². The third kappa shape index (κ3) is 6.49. The zero-order valence-corrected chi connectivity index (χ0v) is 34.8. The van der Waals surface area contributed by atoms with E-state index in [2.05, 4.69) is 41.5 Å². The molecule has 56 heavy (non-hydrogen) atoms. The van der Waals surface area contributed by atoms with Gasteiger partial charge in [-0.2, -0.15) is 0 Å². The monoisotopic (exact) mass is 800 g/mol. The van der Waals surface area contributed by atoms with Gasteiger partial charge in [0.15, 0.2) is 12.6 Å². The van der Waals surface area contributed by atoms with Crippen LogP contribution in [0.2, 0.25) is 0 Å². The van der Waals surface area contributed by atoms with Crippen LogP contribution in [0, 0.1) is 45.3 Å². The first kappa shape index (κ1) is 43.5. The van der Waals surface area contributed by atoms with Crippen LogP contribution in [0.5, 0.6) is 0 Å². The third-order valence-corrected chi connectivity index (χ3v) is 17.3. The topological polar surface area (TPSA) is 228 Å². The molecule has 0 aromatic rings. The Hall–Kier alpha value is -0.560. The van der Waals surface area contributed by atoms with Gasteiger partial charge in [0.05, 0.1) is 48.3 Å². The van der Waals surface area contributed by atoms with E-state index < -0.39 is 114 Å². The van der Waals surface area contributed by atoms with Gasteiger partial charge in [0.2, 0.25) is 0 Å². The van der Waals surface area contributed by atoms with Crippen LogP contribution in [0.1, 0.15) is 114 Å². The van der Waals surface area contributed by atoms with E-state index in [-0.39, 0.29) is 35.2 Å². The number of aliphatic hydroxyl groups is 9. The van der Waals surface area contributed by atoms with Gasteiger partial charge in [0, 0.05) is 0 Å². The van der Waals surface area contributed by atoms with Crippen molar-refractivity contribution in [2.75, 3.05) is 6.61 Å². The first-order valence-corrected chi connectivity index (χ1v) is 21.2. The second-order valence-corrected chi connectivity index (χ2v) is 21.2. The number of fused-ring (bicyclic) bond motifs is 5. The van der Waals surface area contributed by atoms with Gasteiger partial charge in [0.25, 0.3) is 0 Å². The fraction of sp³-hybridized carbons (Fsp3) is 1.00. The Morgan fingerprint density at radius 3 is 2.04 bits per heavy atom. The van der Waals surface area contributed by atoms with E-state index in [0.29, 0.717) is 25.7 Å². The summed E-state index contributed by atoms with van der Waals surface area (Å²) in [4.78, 5) is 0. The average Bonchev–Trinajstić information content (AvgIpc) is 3.71. The Kier molecular flexibility index (Phi) is 11.3. The molecule has 0 bridgehead atoms. The molecule has 324 valence electrons. The molecule has 7 fully saturated rings. The van der Waals surface area contributed by atoms with Gasteiger partial charge >= 0.3 is 0 Å². The lowest BCUT2D eigenvalue weighted by Gasteiger charge is -2.72. The summed E-state index contributed by atoms with van der Waals surface area (Å²) in [6.07, 6.45) is -11.0. The highest BCUT2D eigenvalue weighted by Crippen LogP contribution is 2.76. The van der Waals surface area contributed by atoms with Crippen LogP contribution in [-0.4, -0.2) is 150 Å². The van der Waals surface area contributed by atoms with Gasteiger partial charge < -0.3 is 69.6 Å². The van der Waals surface area contributed by atoms with E-state index in [1.165, 1.54) is 6.92 Å². The van der Waals surface area contributed by atoms with Crippen LogP contribution in [0.25, 0.3) is 0 Å². The molecule has 0 amide bonds. The maximum atomic E-state index is 12.4. The van der Waals surface area contributed by atoms with Crippen LogP contribution in [0.3, 0.4) is 0 Å². The smallest absolute Gasteiger partial charge is 0.187 e. The SMILES string of the molecule is CC1OC(OC2C(OC3C[C@@]4(C)C(CC(O)C5C(C6(C)CCC(C(C)(C)O)O6)CCC54C)[C@]4(C)CCC(O)C(C)(C)C34)OC(CO)C(O)C2O)C(O)C(O)C1O. The minimum atomic E-state index is -1.70. The van der Waals surface area contributed by atoms with Crippen molar-refractivity contribution in [3.05, 3.63) is 0 Å². The van der Waals surface area contributed by atoms with Crippen molar-refractivity contribution < 1.29 is 69.6 Å². The first-order chi connectivity index (χ1) is 25.9. The Balaban J connectivity index is 1.26. The standard InChI is InChI=1S/C42H72O14/c1-19-28(46)30(48)32(50)35(52-19)55-33-31(49)29(47)23(18-43)54-36(33)53-22-17-41(8)24(39(6)13-11-25(45)37(2,3)34(22)39)16-21(44)27-20(10-14-40(27,41)7)42(9)15-12-26(56-42)38(4,5)51/h19-36,43-51H,10-18H2,1-9H3/t19?,20?,21?,22?,23?,24?,25?,26?,27?,28?,29?,30?,31?,32?,33?,34?,35?,36?,39-,40?,41-,42?/m0/s1. The fourth-order valence-electron chi connectivity index (χ4n) is 14.1. The van der Waals surface area contributed by atoms with Crippen molar-refractivity contribution in [2.24, 2.45) is 45.3 Å². The molecule has 4 aliphatic carbocycles. The normalized spacial score (nSPS) is 57.3. The number of hydrogen-bond acceptors (Lipinski definition) is 14. The zero-order valence-electron chi connectivity index (χ0n) is 34.8. The highest BCUT2D eigenvalue weighted by molar-refractivity contribution is 5.22. The van der Waals surface area contributed by atoms with Crippen molar-refractivity contribution in [3.8, 4) is 0 Å². The summed E-state index contributed by atoms with van der Waals surface area (Å²) in [7, 11) is 0. The lowest BCUT2D eigenvalue weighted by atomic mass is 9.34. The summed E-state index contributed by atoms with van der Waals surface area (Å²) in [6, 6.07) is 0. The van der Waals surface area contributed by atoms with Crippen molar-refractivity contribution in [2.45, 2.75) is 211 Å². The van der Waals surface area contributed by atoms with Crippen LogP contribution < -0.4 is 0 Å². The molecule has 3 heterocycles. The predicted octanol–water partition coefficient (Wildman–Crippen LogP) is 1.36. The lowest BCUT2D eigenvalue weighted by molar-refractivity contribution is -0.382. The number of hydrogen-bond donors (Lipinski definition) is 9. The Labute approximate surface area is 331 Å². The van der Waals surface area contributed by atoms with Crippen LogP contribution in [0.4, 0.5) is 0 Å². The van der Waals surface area contributed by atoms with E-state index in [0.717, 1.165) is 25.7 Å². The molecule has 0 spiro atoms. The van der Waals surface area contributed by atoms with Gasteiger partial charge in [-0.1, -0.05) is 34.6 Å². The summed E-state index contributed by atoms with van der Waals surface area (Å²) in [5.41, 5.74) is -3.36. The predicted molar refractivity (Wildman–Crippen MR) is 200 cm³/mol. The molecule has 9 N–H and O–H groups in total. The van der Waals surface area contributed by atoms with Gasteiger partial charge in [0.1, 0.15) is 42.7 Å². The molecule has 14 heteroatoms. The quantitative estimate of drug-likeness (QED) is 0.166. The second-order valence-electron chi connectivity index (χ2n) is 21.2. The first-order valence-electron chi connectivity index (χ1n) is 21.2. The molecule has 3 saturated heterocycles. The summed E-state index contributed by atoms with van der Waals surface area (Å²) < 4.78 is 32.0. The number of rotatable bonds is 7. The van der Waals surface area contributed by atoms with E-state index in [9.17, 15) is 46.0 Å². The second kappa shape index (κ2) is 14.5. The van der Waals surface area contributed by atoms with E-state index in [1.54, 1.807) is 13.8 Å². The molecule has 7 aliphatic rings. The van der Waals surface area contributed by atoms with E-state index in [4.69, 9.17) is 23.7 Å². The molecule has 7 rings (SSSR count). The highest BCUT2D eigenvalue weighted by atomic mass is 16.8. The van der Waals surface area contributed by atoms with Crippen LogP contribution in [0.15, 0.2) is 0 Å². The molecule has 20 unspecified atom stereocenters. The maximum Gasteiger partial charge on any atom is 0.187 e. The molecular weight excluding hydrogens is 728 g/mol. The van der Waals surface area contributed by atoms with Crippen molar-refractivity contribution in [1.29, 1.82) is 0 Å². The van der Waals surface area contributed by atoms with Gasteiger partial charge in [-0.15, -0.1) is 0 Å². The van der Waals surface area contributed by atoms with Crippen molar-refractivity contribution in [3.63, 3.8) is 0 Å². The molecular formula is C42H72O14. The number of aliphatic hydroxyl groups excluding tert-OH is 8. The van der Waals surface area contributed by atoms with E-state index in [1.807, 2.05) is 0 Å². The minimum absolute atomic E-state index is 0.0557. The van der Waals surface area contributed by atoms with Crippen LogP contribution >= 0.6 is 0 Å². The van der Waals surface area contributed by atoms with E-state index >= 15 is 0 Å². The highest BCUT2D eigenvalue weighted by Gasteiger charge is 2.74. The molecule has 0 radical (unpaired) electrons. The Bertz CT molecular complexity index is 1430. The summed E-state index contributed by atoms with van der Waals surface area (Å²) in [5.74, 6) is -0.246. The van der Waals surface area contributed by atoms with Gasteiger partial charge in [-0.05, 0) is 124 Å². The summed E-state index contributed by atoms with van der Waals surface area (Å²) in [5, 5.41) is 99.5. The number of ether oxygens (including phenoxy) is 5. The zero-order chi connectivity index (χ0) is 41.3. The molecule has 14 nitrogen and oxygen atoms in total.